The van der Waals surface area contributed by atoms with Crippen molar-refractivity contribution in [2.24, 2.45) is 0 Å². The van der Waals surface area contributed by atoms with Gasteiger partial charge in [0.25, 0.3) is 0 Å². The van der Waals surface area contributed by atoms with E-state index in [4.69, 9.17) is 0 Å². The first-order chi connectivity index (χ1) is 11.5. The van der Waals surface area contributed by atoms with E-state index in [9.17, 15) is 9.90 Å². The Morgan fingerprint density at radius 2 is 1.96 bits per heavy atom. The summed E-state index contributed by atoms with van der Waals surface area (Å²) in [7, 11) is 0. The molecular weight excluding hydrogens is 304 g/mol. The number of nitrogens with one attached hydrogen (secondary N) is 2. The number of nitrogens with zero attached hydrogens (tertiary/aromatic N) is 2. The Morgan fingerprint density at radius 3 is 2.62 bits per heavy atom. The number of aromatic nitrogens is 2. The summed E-state index contributed by atoms with van der Waals surface area (Å²) in [5.74, 6) is 0. The maximum Gasteiger partial charge on any atom is 0.315 e. The van der Waals surface area contributed by atoms with Crippen LogP contribution in [0.2, 0.25) is 0 Å². The first-order valence-corrected chi connectivity index (χ1v) is 8.33. The van der Waals surface area contributed by atoms with Crippen LogP contribution in [0.25, 0.3) is 5.69 Å². The summed E-state index contributed by atoms with van der Waals surface area (Å²) >= 11 is 0. The van der Waals surface area contributed by atoms with E-state index in [1.165, 1.54) is 0 Å². The molecule has 24 heavy (non-hydrogen) atoms. The third kappa shape index (κ3) is 4.58. The lowest BCUT2D eigenvalue weighted by Crippen LogP contribution is -2.39. The number of carbonyl (C=O) groups is 1. The van der Waals surface area contributed by atoms with Gasteiger partial charge in [0, 0.05) is 24.3 Å². The van der Waals surface area contributed by atoms with Crippen molar-refractivity contribution in [1.82, 2.24) is 20.4 Å². The van der Waals surface area contributed by atoms with Crippen LogP contribution in [0.1, 0.15) is 36.7 Å². The van der Waals surface area contributed by atoms with Gasteiger partial charge in [-0.05, 0) is 32.4 Å². The van der Waals surface area contributed by atoms with Crippen LogP contribution < -0.4 is 10.6 Å². The van der Waals surface area contributed by atoms with E-state index in [-0.39, 0.29) is 12.6 Å². The Labute approximate surface area is 142 Å². The fraction of sp³-hybridized carbons (Fsp3) is 0.444. The van der Waals surface area contributed by atoms with Gasteiger partial charge in [-0.1, -0.05) is 31.5 Å². The molecule has 0 bridgehead atoms. The molecule has 1 atom stereocenters. The molecule has 0 fully saturated rings. The number of urea groups is 1. The van der Waals surface area contributed by atoms with Crippen LogP contribution in [0, 0.1) is 13.8 Å². The Balaban J connectivity index is 1.96. The number of carbonyl (C=O) groups excluding carboxylic acids is 1. The lowest BCUT2D eigenvalue weighted by Gasteiger charge is -2.12. The molecule has 130 valence electrons. The number of para-hydroxylation sites is 1. The van der Waals surface area contributed by atoms with Crippen molar-refractivity contribution >= 4 is 6.03 Å². The molecule has 0 spiro atoms. The number of aryl methyl sites for hydroxylation is 1. The Hall–Kier alpha value is -2.34. The molecule has 1 aromatic carbocycles. The zero-order chi connectivity index (χ0) is 17.5. The van der Waals surface area contributed by atoms with Crippen LogP contribution in [0.4, 0.5) is 4.79 Å². The van der Waals surface area contributed by atoms with Gasteiger partial charge in [-0.25, -0.2) is 9.48 Å². The van der Waals surface area contributed by atoms with Crippen LogP contribution in [-0.2, 0) is 6.54 Å². The zero-order valence-corrected chi connectivity index (χ0v) is 14.5. The van der Waals surface area contributed by atoms with Gasteiger partial charge in [-0.2, -0.15) is 5.10 Å². The van der Waals surface area contributed by atoms with Crippen molar-refractivity contribution in [3.8, 4) is 5.69 Å². The van der Waals surface area contributed by atoms with E-state index in [0.717, 1.165) is 29.1 Å². The number of hydrogen-bond donors (Lipinski definition) is 3. The maximum absolute atomic E-state index is 11.9. The zero-order valence-electron chi connectivity index (χ0n) is 14.5. The van der Waals surface area contributed by atoms with Crippen molar-refractivity contribution < 1.29 is 9.90 Å². The summed E-state index contributed by atoms with van der Waals surface area (Å²) in [4.78, 5) is 11.9. The molecule has 1 heterocycles. The van der Waals surface area contributed by atoms with E-state index in [1.54, 1.807) is 0 Å². The van der Waals surface area contributed by atoms with Crippen LogP contribution in [-0.4, -0.2) is 33.6 Å². The third-order valence-electron chi connectivity index (χ3n) is 3.99. The third-order valence-corrected chi connectivity index (χ3v) is 3.99. The Kier molecular flexibility index (Phi) is 6.37. The molecule has 0 radical (unpaired) electrons. The van der Waals surface area contributed by atoms with Gasteiger partial charge in [0.2, 0.25) is 0 Å². The van der Waals surface area contributed by atoms with Crippen molar-refractivity contribution in [1.29, 1.82) is 0 Å². The molecule has 2 amide bonds. The molecule has 0 aliphatic rings. The Morgan fingerprint density at radius 1 is 1.25 bits per heavy atom. The molecule has 3 N–H and O–H groups in total. The number of aliphatic hydroxyl groups excluding tert-OH is 1. The smallest absolute Gasteiger partial charge is 0.315 e. The average molecular weight is 330 g/mol. The minimum Gasteiger partial charge on any atom is -0.391 e. The van der Waals surface area contributed by atoms with Gasteiger partial charge in [0.15, 0.2) is 0 Å². The van der Waals surface area contributed by atoms with Crippen LogP contribution in [0.3, 0.4) is 0 Å². The van der Waals surface area contributed by atoms with Gasteiger partial charge >= 0.3 is 6.03 Å². The van der Waals surface area contributed by atoms with E-state index in [0.29, 0.717) is 13.0 Å². The SMILES string of the molecule is CCCC(O)CNC(=O)NCc1c(C)nn(-c2ccccc2)c1C. The van der Waals surface area contributed by atoms with Crippen molar-refractivity contribution in [3.63, 3.8) is 0 Å². The number of aliphatic hydroxyl groups is 1. The van der Waals surface area contributed by atoms with Gasteiger partial charge in [0.05, 0.1) is 17.5 Å². The second-order valence-electron chi connectivity index (χ2n) is 5.90. The van der Waals surface area contributed by atoms with Gasteiger partial charge in [-0.15, -0.1) is 0 Å². The van der Waals surface area contributed by atoms with Crippen LogP contribution >= 0.6 is 0 Å². The number of rotatable bonds is 7. The van der Waals surface area contributed by atoms with E-state index < -0.39 is 6.10 Å². The van der Waals surface area contributed by atoms with Gasteiger partial charge in [0.1, 0.15) is 0 Å². The fourth-order valence-electron chi connectivity index (χ4n) is 2.63. The molecule has 0 saturated heterocycles. The molecule has 1 unspecified atom stereocenters. The summed E-state index contributed by atoms with van der Waals surface area (Å²) in [6.07, 6.45) is 1.08. The van der Waals surface area contributed by atoms with Crippen molar-refractivity contribution in [3.05, 3.63) is 47.3 Å². The maximum atomic E-state index is 11.9. The fourth-order valence-corrected chi connectivity index (χ4v) is 2.63. The minimum atomic E-state index is -0.495. The molecule has 2 rings (SSSR count). The van der Waals surface area contributed by atoms with E-state index in [1.807, 2.05) is 55.8 Å². The quantitative estimate of drug-likeness (QED) is 0.729. The molecule has 0 saturated carbocycles. The highest BCUT2D eigenvalue weighted by Crippen LogP contribution is 2.17. The molecule has 0 aliphatic heterocycles. The number of hydrogen-bond acceptors (Lipinski definition) is 3. The van der Waals surface area contributed by atoms with E-state index >= 15 is 0 Å². The first kappa shape index (κ1) is 18.0. The standard InChI is InChI=1S/C18H26N4O2/c1-4-8-16(23)11-19-18(24)20-12-17-13(2)21-22(14(17)3)15-9-6-5-7-10-15/h5-7,9-10,16,23H,4,8,11-12H2,1-3H3,(H2,19,20,24). The predicted molar refractivity (Wildman–Crippen MR) is 94.2 cm³/mol. The van der Waals surface area contributed by atoms with Crippen molar-refractivity contribution in [2.75, 3.05) is 6.54 Å². The molecule has 6 heteroatoms. The lowest BCUT2D eigenvalue weighted by molar-refractivity contribution is 0.160. The Bertz CT molecular complexity index is 667. The highest BCUT2D eigenvalue weighted by molar-refractivity contribution is 5.73. The monoisotopic (exact) mass is 330 g/mol. The second-order valence-corrected chi connectivity index (χ2v) is 5.90. The largest absolute Gasteiger partial charge is 0.391 e. The summed E-state index contributed by atoms with van der Waals surface area (Å²) in [5, 5.41) is 19.7. The highest BCUT2D eigenvalue weighted by Gasteiger charge is 2.13. The number of benzene rings is 1. The summed E-state index contributed by atoms with van der Waals surface area (Å²) < 4.78 is 1.88. The second kappa shape index (κ2) is 8.49. The molecule has 0 aliphatic carbocycles. The highest BCUT2D eigenvalue weighted by atomic mass is 16.3. The average Bonchev–Trinajstić information content (AvgIpc) is 2.86. The minimum absolute atomic E-state index is 0.265. The predicted octanol–water partition coefficient (Wildman–Crippen LogP) is 2.45. The summed E-state index contributed by atoms with van der Waals surface area (Å²) in [6.45, 7) is 6.60. The summed E-state index contributed by atoms with van der Waals surface area (Å²) in [5.41, 5.74) is 3.90. The molecule has 2 aromatic rings. The normalized spacial score (nSPS) is 12.0. The topological polar surface area (TPSA) is 79.2 Å². The molecule has 1 aromatic heterocycles. The van der Waals surface area contributed by atoms with E-state index in [2.05, 4.69) is 15.7 Å². The lowest BCUT2D eigenvalue weighted by atomic mass is 10.2. The van der Waals surface area contributed by atoms with Crippen molar-refractivity contribution in [2.45, 2.75) is 46.3 Å². The first-order valence-electron chi connectivity index (χ1n) is 8.33. The number of amides is 2. The van der Waals surface area contributed by atoms with Gasteiger partial charge < -0.3 is 15.7 Å². The van der Waals surface area contributed by atoms with Gasteiger partial charge in [-0.3, -0.25) is 0 Å². The summed E-state index contributed by atoms with van der Waals surface area (Å²) in [6, 6.07) is 9.63. The molecule has 6 nitrogen and oxygen atoms in total. The van der Waals surface area contributed by atoms with Crippen LogP contribution in [0.5, 0.6) is 0 Å². The van der Waals surface area contributed by atoms with Crippen LogP contribution in [0.15, 0.2) is 30.3 Å². The molecular formula is C18H26N4O2.